The number of fused-ring (bicyclic) bond motifs is 3. The molecule has 0 saturated carbocycles. The number of pyridine rings is 1. The Balaban J connectivity index is 1.47. The van der Waals surface area contributed by atoms with E-state index in [0.717, 1.165) is 4.57 Å². The van der Waals surface area contributed by atoms with Crippen molar-refractivity contribution in [2.45, 2.75) is 19.6 Å². The van der Waals surface area contributed by atoms with Gasteiger partial charge in [-0.25, -0.2) is 9.97 Å². The van der Waals surface area contributed by atoms with Gasteiger partial charge in [0.05, 0.1) is 12.0 Å². The second-order valence-electron chi connectivity index (χ2n) is 6.42. The average Bonchev–Trinajstić information content (AvgIpc) is 3.11. The van der Waals surface area contributed by atoms with Crippen LogP contribution in [0.2, 0.25) is 5.15 Å². The number of hydrogen-bond donors (Lipinski definition) is 1. The Hall–Kier alpha value is -3.72. The van der Waals surface area contributed by atoms with Crippen molar-refractivity contribution in [2.75, 3.05) is 5.32 Å². The van der Waals surface area contributed by atoms with Gasteiger partial charge in [0, 0.05) is 11.6 Å². The number of aromatic nitrogens is 3. The summed E-state index contributed by atoms with van der Waals surface area (Å²) in [5.74, 6) is -1.37. The third-order valence-electron chi connectivity index (χ3n) is 4.34. The van der Waals surface area contributed by atoms with Gasteiger partial charge in [0.15, 0.2) is 11.3 Å². The Morgan fingerprint density at radius 3 is 2.83 bits per heavy atom. The van der Waals surface area contributed by atoms with Crippen molar-refractivity contribution < 1.29 is 18.7 Å². The first kappa shape index (κ1) is 19.6. The quantitative estimate of drug-likeness (QED) is 0.385. The van der Waals surface area contributed by atoms with Crippen molar-refractivity contribution >= 4 is 51.2 Å². The highest BCUT2D eigenvalue weighted by molar-refractivity contribution is 6.32. The Bertz CT molecular complexity index is 1330. The topological polar surface area (TPSA) is 116 Å². The van der Waals surface area contributed by atoms with E-state index >= 15 is 0 Å². The Morgan fingerprint density at radius 2 is 2.03 bits per heavy atom. The van der Waals surface area contributed by atoms with Gasteiger partial charge < -0.3 is 14.5 Å². The smallest absolute Gasteiger partial charge is 0.326 e. The molecule has 4 aromatic rings. The van der Waals surface area contributed by atoms with Gasteiger partial charge in [-0.2, -0.15) is 0 Å². The number of amides is 1. The first-order valence-corrected chi connectivity index (χ1v) is 9.29. The molecule has 1 N–H and O–H groups in total. The summed E-state index contributed by atoms with van der Waals surface area (Å²) in [5, 5.41) is 3.34. The summed E-state index contributed by atoms with van der Waals surface area (Å²) in [5.41, 5.74) is 0.761. The maximum Gasteiger partial charge on any atom is 0.326 e. The maximum absolute atomic E-state index is 12.7. The molecule has 1 unspecified atom stereocenters. The molecule has 9 nitrogen and oxygen atoms in total. The van der Waals surface area contributed by atoms with Gasteiger partial charge in [-0.1, -0.05) is 23.7 Å². The number of halogens is 1. The number of hydrogen-bond acceptors (Lipinski definition) is 7. The van der Waals surface area contributed by atoms with E-state index in [0.29, 0.717) is 22.2 Å². The van der Waals surface area contributed by atoms with Crippen LogP contribution >= 0.6 is 11.6 Å². The predicted octanol–water partition coefficient (Wildman–Crippen LogP) is 2.76. The highest BCUT2D eigenvalue weighted by atomic mass is 35.5. The minimum Gasteiger partial charge on any atom is -0.451 e. The molecule has 1 amide bonds. The van der Waals surface area contributed by atoms with Crippen LogP contribution in [0.25, 0.3) is 22.1 Å². The second-order valence-corrected chi connectivity index (χ2v) is 6.77. The summed E-state index contributed by atoms with van der Waals surface area (Å²) >= 11 is 5.89. The van der Waals surface area contributed by atoms with Gasteiger partial charge in [0.1, 0.15) is 17.6 Å². The van der Waals surface area contributed by atoms with Crippen LogP contribution in [0.4, 0.5) is 5.69 Å². The molecule has 10 heteroatoms. The van der Waals surface area contributed by atoms with Crippen LogP contribution < -0.4 is 10.9 Å². The summed E-state index contributed by atoms with van der Waals surface area (Å²) < 4.78 is 11.8. The van der Waals surface area contributed by atoms with Gasteiger partial charge in [0.2, 0.25) is 5.58 Å². The fraction of sp³-hybridized carbons (Fsp3) is 0.150. The van der Waals surface area contributed by atoms with Crippen LogP contribution in [-0.2, 0) is 20.9 Å². The number of rotatable bonds is 5. The molecule has 0 aliphatic carbocycles. The number of esters is 1. The summed E-state index contributed by atoms with van der Waals surface area (Å²) in [4.78, 5) is 45.2. The van der Waals surface area contributed by atoms with Crippen LogP contribution in [0.3, 0.4) is 0 Å². The summed E-state index contributed by atoms with van der Waals surface area (Å²) in [6, 6.07) is 10.3. The molecule has 1 aromatic carbocycles. The van der Waals surface area contributed by atoms with Crippen molar-refractivity contribution in [1.29, 1.82) is 0 Å². The molecule has 0 bridgehead atoms. The number of ether oxygens (including phenoxy) is 1. The molecule has 3 aromatic heterocycles. The molecule has 0 spiro atoms. The van der Waals surface area contributed by atoms with Crippen LogP contribution in [0.1, 0.15) is 6.92 Å². The van der Waals surface area contributed by atoms with Gasteiger partial charge in [-0.15, -0.1) is 0 Å². The first-order valence-electron chi connectivity index (χ1n) is 8.91. The van der Waals surface area contributed by atoms with Gasteiger partial charge in [0.25, 0.3) is 11.5 Å². The van der Waals surface area contributed by atoms with E-state index in [1.807, 2.05) is 6.07 Å². The van der Waals surface area contributed by atoms with Crippen molar-refractivity contribution in [1.82, 2.24) is 14.5 Å². The third-order valence-corrected chi connectivity index (χ3v) is 4.65. The molecule has 1 atom stereocenters. The van der Waals surface area contributed by atoms with E-state index in [-0.39, 0.29) is 10.7 Å². The molecule has 30 heavy (non-hydrogen) atoms. The number of furan rings is 1. The average molecular weight is 427 g/mol. The molecule has 0 fully saturated rings. The molecular formula is C20H15ClN4O5. The van der Waals surface area contributed by atoms with E-state index in [9.17, 15) is 14.4 Å². The molecule has 0 radical (unpaired) electrons. The van der Waals surface area contributed by atoms with E-state index in [1.165, 1.54) is 19.4 Å². The van der Waals surface area contributed by atoms with Gasteiger partial charge in [-0.3, -0.25) is 19.0 Å². The Kier molecular flexibility index (Phi) is 5.20. The molecule has 3 heterocycles. The lowest BCUT2D eigenvalue weighted by Gasteiger charge is -2.14. The Labute approximate surface area is 174 Å². The monoisotopic (exact) mass is 426 g/mol. The summed E-state index contributed by atoms with van der Waals surface area (Å²) in [6.45, 7) is 0.977. The van der Waals surface area contributed by atoms with Crippen LogP contribution in [0, 0.1) is 0 Å². The van der Waals surface area contributed by atoms with Crippen LogP contribution in [0.5, 0.6) is 0 Å². The highest BCUT2D eigenvalue weighted by Gasteiger charge is 2.20. The zero-order valence-electron chi connectivity index (χ0n) is 15.7. The number of benzene rings is 1. The molecule has 0 aliphatic heterocycles. The summed E-state index contributed by atoms with van der Waals surface area (Å²) in [6.07, 6.45) is 1.60. The first-order chi connectivity index (χ1) is 14.4. The minimum absolute atomic E-state index is 0.0449. The molecule has 0 saturated heterocycles. The standard InChI is InChI=1S/C20H15ClN4O5/c1-11(19(27)24-13-6-4-8-22-18(13)21)29-15(26)9-25-10-23-16-12-5-2-3-7-14(12)30-17(16)20(25)28/h2-8,10-11H,9H2,1H3,(H,24,27). The zero-order valence-corrected chi connectivity index (χ0v) is 16.4. The Morgan fingerprint density at radius 1 is 1.23 bits per heavy atom. The lowest BCUT2D eigenvalue weighted by Crippen LogP contribution is -2.33. The van der Waals surface area contributed by atoms with E-state index < -0.39 is 30.1 Å². The van der Waals surface area contributed by atoms with Gasteiger partial charge in [-0.05, 0) is 31.2 Å². The maximum atomic E-state index is 12.7. The van der Waals surface area contributed by atoms with Crippen LogP contribution in [0.15, 0.2) is 58.1 Å². The van der Waals surface area contributed by atoms with Crippen molar-refractivity contribution in [3.05, 3.63) is 64.4 Å². The lowest BCUT2D eigenvalue weighted by molar-refractivity contribution is -0.153. The predicted molar refractivity (Wildman–Crippen MR) is 109 cm³/mol. The molecule has 4 rings (SSSR count). The van der Waals surface area contributed by atoms with Crippen molar-refractivity contribution in [3.63, 3.8) is 0 Å². The van der Waals surface area contributed by atoms with Crippen molar-refractivity contribution in [3.8, 4) is 0 Å². The van der Waals surface area contributed by atoms with Gasteiger partial charge >= 0.3 is 5.97 Å². The molecular weight excluding hydrogens is 412 g/mol. The molecule has 152 valence electrons. The fourth-order valence-corrected chi connectivity index (χ4v) is 3.04. The summed E-state index contributed by atoms with van der Waals surface area (Å²) in [7, 11) is 0. The fourth-order valence-electron chi connectivity index (χ4n) is 2.87. The number of carbonyl (C=O) groups excluding carboxylic acids is 2. The normalized spacial score (nSPS) is 12.1. The number of anilines is 1. The largest absolute Gasteiger partial charge is 0.451 e. The number of nitrogens with zero attached hydrogens (tertiary/aromatic N) is 3. The number of para-hydroxylation sites is 1. The number of nitrogens with one attached hydrogen (secondary N) is 1. The van der Waals surface area contributed by atoms with Crippen LogP contribution in [-0.4, -0.2) is 32.5 Å². The van der Waals surface area contributed by atoms with E-state index in [4.69, 9.17) is 20.8 Å². The highest BCUT2D eigenvalue weighted by Crippen LogP contribution is 2.24. The zero-order chi connectivity index (χ0) is 21.3. The number of carbonyl (C=O) groups is 2. The molecule has 0 aliphatic rings. The third kappa shape index (κ3) is 3.74. The van der Waals surface area contributed by atoms with E-state index in [1.54, 1.807) is 30.3 Å². The van der Waals surface area contributed by atoms with E-state index in [2.05, 4.69) is 15.3 Å². The SMILES string of the molecule is CC(OC(=O)Cn1cnc2c(oc3ccccc32)c1=O)C(=O)Nc1cccnc1Cl. The lowest BCUT2D eigenvalue weighted by atomic mass is 10.2. The minimum atomic E-state index is -1.12. The second kappa shape index (κ2) is 7.96. The van der Waals surface area contributed by atoms with Crippen molar-refractivity contribution in [2.24, 2.45) is 0 Å².